The fourth-order valence-corrected chi connectivity index (χ4v) is 1.65. The summed E-state index contributed by atoms with van der Waals surface area (Å²) in [6, 6.07) is 7.39. The van der Waals surface area contributed by atoms with Gasteiger partial charge in [0.2, 0.25) is 0 Å². The molecule has 1 atom stereocenters. The highest BCUT2D eigenvalue weighted by Gasteiger charge is 2.27. The lowest BCUT2D eigenvalue weighted by Crippen LogP contribution is -2.29. The van der Waals surface area contributed by atoms with Gasteiger partial charge in [0.15, 0.2) is 0 Å². The summed E-state index contributed by atoms with van der Waals surface area (Å²) >= 11 is 5.66. The Morgan fingerprint density at radius 1 is 1.40 bits per heavy atom. The fourth-order valence-electron chi connectivity index (χ4n) is 1.47. The van der Waals surface area contributed by atoms with E-state index < -0.39 is 11.5 Å². The lowest BCUT2D eigenvalue weighted by molar-refractivity contribution is -0.113. The summed E-state index contributed by atoms with van der Waals surface area (Å²) in [5.41, 5.74) is 0.775. The van der Waals surface area contributed by atoms with Crippen molar-refractivity contribution in [1.82, 2.24) is 0 Å². The SMILES string of the molecule is CC(C)(O)C(C=O)c1ccc(CCl)cc1. The number of hydrogen-bond donors (Lipinski definition) is 1. The summed E-state index contributed by atoms with van der Waals surface area (Å²) in [6.07, 6.45) is 0.774. The van der Waals surface area contributed by atoms with Gasteiger partial charge in [-0.3, -0.25) is 0 Å². The molecule has 82 valence electrons. The van der Waals surface area contributed by atoms with Crippen LogP contribution in [0.1, 0.15) is 30.9 Å². The molecule has 0 aromatic heterocycles. The van der Waals surface area contributed by atoms with E-state index in [-0.39, 0.29) is 0 Å². The van der Waals surface area contributed by atoms with Crippen molar-refractivity contribution in [3.63, 3.8) is 0 Å². The number of halogens is 1. The molecule has 0 amide bonds. The van der Waals surface area contributed by atoms with E-state index in [2.05, 4.69) is 0 Å². The molecule has 0 aliphatic heterocycles. The average Bonchev–Trinajstić information content (AvgIpc) is 2.18. The molecule has 0 heterocycles. The van der Waals surface area contributed by atoms with Gasteiger partial charge in [-0.1, -0.05) is 24.3 Å². The molecule has 3 heteroatoms. The minimum absolute atomic E-state index is 0.453. The summed E-state index contributed by atoms with van der Waals surface area (Å²) in [6.45, 7) is 3.25. The number of hydrogen-bond acceptors (Lipinski definition) is 2. The highest BCUT2D eigenvalue weighted by Crippen LogP contribution is 2.26. The number of carbonyl (C=O) groups excluding carboxylic acids is 1. The van der Waals surface area contributed by atoms with Gasteiger partial charge in [0.05, 0.1) is 11.5 Å². The zero-order chi connectivity index (χ0) is 11.5. The first kappa shape index (κ1) is 12.2. The molecule has 0 saturated carbocycles. The van der Waals surface area contributed by atoms with Crippen molar-refractivity contribution in [2.24, 2.45) is 0 Å². The first-order valence-electron chi connectivity index (χ1n) is 4.81. The van der Waals surface area contributed by atoms with Gasteiger partial charge in [0, 0.05) is 5.88 Å². The van der Waals surface area contributed by atoms with E-state index in [0.717, 1.165) is 17.4 Å². The van der Waals surface area contributed by atoms with Crippen molar-refractivity contribution in [1.29, 1.82) is 0 Å². The molecule has 0 fully saturated rings. The highest BCUT2D eigenvalue weighted by molar-refractivity contribution is 6.17. The fraction of sp³-hybridized carbons (Fsp3) is 0.417. The Balaban J connectivity index is 2.98. The standard InChI is InChI=1S/C12H15ClO2/c1-12(2,15)11(8-14)10-5-3-9(7-13)4-6-10/h3-6,8,11,15H,7H2,1-2H3. The van der Waals surface area contributed by atoms with Crippen molar-refractivity contribution < 1.29 is 9.90 Å². The third-order valence-electron chi connectivity index (χ3n) is 2.39. The first-order valence-corrected chi connectivity index (χ1v) is 5.35. The van der Waals surface area contributed by atoms with E-state index in [1.807, 2.05) is 24.3 Å². The number of benzene rings is 1. The van der Waals surface area contributed by atoms with Gasteiger partial charge in [-0.15, -0.1) is 11.6 Å². The van der Waals surface area contributed by atoms with Gasteiger partial charge in [0.1, 0.15) is 6.29 Å². The van der Waals surface area contributed by atoms with E-state index in [1.54, 1.807) is 13.8 Å². The molecule has 2 nitrogen and oxygen atoms in total. The van der Waals surface area contributed by atoms with Crippen LogP contribution in [0.3, 0.4) is 0 Å². The van der Waals surface area contributed by atoms with Crippen molar-refractivity contribution >= 4 is 17.9 Å². The molecular weight excluding hydrogens is 212 g/mol. The Labute approximate surface area is 94.9 Å². The largest absolute Gasteiger partial charge is 0.389 e. The van der Waals surface area contributed by atoms with Gasteiger partial charge in [-0.2, -0.15) is 0 Å². The zero-order valence-corrected chi connectivity index (χ0v) is 9.66. The summed E-state index contributed by atoms with van der Waals surface area (Å²) in [4.78, 5) is 10.9. The molecule has 1 unspecified atom stereocenters. The maximum Gasteiger partial charge on any atom is 0.130 e. The second kappa shape index (κ2) is 4.77. The molecule has 15 heavy (non-hydrogen) atoms. The van der Waals surface area contributed by atoms with Crippen LogP contribution in [0.2, 0.25) is 0 Å². The zero-order valence-electron chi connectivity index (χ0n) is 8.90. The molecule has 1 aromatic carbocycles. The molecule has 0 spiro atoms. The summed E-state index contributed by atoms with van der Waals surface area (Å²) < 4.78 is 0. The Bertz CT molecular complexity index is 324. The molecule has 1 rings (SSSR count). The van der Waals surface area contributed by atoms with Crippen LogP contribution in [-0.4, -0.2) is 17.0 Å². The molecule has 0 aliphatic carbocycles. The quantitative estimate of drug-likeness (QED) is 0.633. The molecule has 1 N–H and O–H groups in total. The van der Waals surface area contributed by atoms with Crippen LogP contribution >= 0.6 is 11.6 Å². The van der Waals surface area contributed by atoms with Crippen molar-refractivity contribution in [2.75, 3.05) is 0 Å². The summed E-state index contributed by atoms with van der Waals surface area (Å²) in [7, 11) is 0. The molecule has 0 radical (unpaired) electrons. The lowest BCUT2D eigenvalue weighted by Gasteiger charge is -2.24. The van der Waals surface area contributed by atoms with Crippen LogP contribution in [0, 0.1) is 0 Å². The minimum atomic E-state index is -1.04. The number of alkyl halides is 1. The first-order chi connectivity index (χ1) is 6.99. The van der Waals surface area contributed by atoms with E-state index in [1.165, 1.54) is 0 Å². The molecular formula is C12H15ClO2. The van der Waals surface area contributed by atoms with Gasteiger partial charge < -0.3 is 9.90 Å². The van der Waals surface area contributed by atoms with Crippen LogP contribution in [0.25, 0.3) is 0 Å². The number of rotatable bonds is 4. The van der Waals surface area contributed by atoms with Crippen LogP contribution in [0.4, 0.5) is 0 Å². The highest BCUT2D eigenvalue weighted by atomic mass is 35.5. The number of carbonyl (C=O) groups is 1. The third-order valence-corrected chi connectivity index (χ3v) is 2.70. The van der Waals surface area contributed by atoms with E-state index >= 15 is 0 Å². The Hall–Kier alpha value is -0.860. The van der Waals surface area contributed by atoms with Gasteiger partial charge in [-0.25, -0.2) is 0 Å². The predicted molar refractivity (Wildman–Crippen MR) is 61.1 cm³/mol. The van der Waals surface area contributed by atoms with Crippen LogP contribution in [0.5, 0.6) is 0 Å². The Morgan fingerprint density at radius 2 is 1.93 bits per heavy atom. The van der Waals surface area contributed by atoms with Crippen LogP contribution < -0.4 is 0 Å². The van der Waals surface area contributed by atoms with Gasteiger partial charge in [-0.05, 0) is 25.0 Å². The van der Waals surface area contributed by atoms with Crippen molar-refractivity contribution in [2.45, 2.75) is 31.2 Å². The smallest absolute Gasteiger partial charge is 0.130 e. The maximum absolute atomic E-state index is 10.9. The van der Waals surface area contributed by atoms with Crippen LogP contribution in [0.15, 0.2) is 24.3 Å². The summed E-state index contributed by atoms with van der Waals surface area (Å²) in [5.74, 6) is -0.0453. The van der Waals surface area contributed by atoms with E-state index in [0.29, 0.717) is 5.88 Å². The van der Waals surface area contributed by atoms with Gasteiger partial charge in [0.25, 0.3) is 0 Å². The van der Waals surface area contributed by atoms with E-state index in [4.69, 9.17) is 11.6 Å². The minimum Gasteiger partial charge on any atom is -0.389 e. The third kappa shape index (κ3) is 3.05. The Morgan fingerprint density at radius 3 is 2.27 bits per heavy atom. The topological polar surface area (TPSA) is 37.3 Å². The molecule has 0 aliphatic rings. The normalized spacial score (nSPS) is 13.6. The van der Waals surface area contributed by atoms with Crippen LogP contribution in [-0.2, 0) is 10.7 Å². The van der Waals surface area contributed by atoms with Gasteiger partial charge >= 0.3 is 0 Å². The van der Waals surface area contributed by atoms with Crippen molar-refractivity contribution in [3.05, 3.63) is 35.4 Å². The molecule has 1 aromatic rings. The number of aliphatic hydroxyl groups is 1. The second-order valence-electron chi connectivity index (χ2n) is 4.14. The second-order valence-corrected chi connectivity index (χ2v) is 4.41. The number of aldehydes is 1. The lowest BCUT2D eigenvalue weighted by atomic mass is 9.86. The predicted octanol–water partition coefficient (Wildman–Crippen LogP) is 2.48. The van der Waals surface area contributed by atoms with E-state index in [9.17, 15) is 9.90 Å². The monoisotopic (exact) mass is 226 g/mol. The van der Waals surface area contributed by atoms with Crippen molar-refractivity contribution in [3.8, 4) is 0 Å². The average molecular weight is 227 g/mol. The Kier molecular flexibility index (Phi) is 3.89. The molecule has 0 bridgehead atoms. The molecule has 0 saturated heterocycles. The summed E-state index contributed by atoms with van der Waals surface area (Å²) in [5, 5.41) is 9.80. The maximum atomic E-state index is 10.9.